The quantitative estimate of drug-likeness (QED) is 0.886. The standard InChI is InChI=1S/C20H27ClN2O2/c1-14-2-8-18(9-3-14)22-19(24)15-10-12-23(13-11-15)20(25)16-4-6-17(21)7-5-16/h4-7,14-15,18H,2-3,8-13H2,1H3,(H,22,24). The lowest BCUT2D eigenvalue weighted by molar-refractivity contribution is -0.127. The Morgan fingerprint density at radius 1 is 1.00 bits per heavy atom. The van der Waals surface area contributed by atoms with E-state index in [1.807, 2.05) is 4.90 Å². The first-order chi connectivity index (χ1) is 12.0. The molecule has 1 aliphatic carbocycles. The van der Waals surface area contributed by atoms with Crippen LogP contribution < -0.4 is 5.32 Å². The van der Waals surface area contributed by atoms with Crippen LogP contribution >= 0.6 is 11.6 Å². The molecule has 0 unspecified atom stereocenters. The zero-order chi connectivity index (χ0) is 17.8. The average molecular weight is 363 g/mol. The summed E-state index contributed by atoms with van der Waals surface area (Å²) in [7, 11) is 0. The van der Waals surface area contributed by atoms with Crippen LogP contribution in [0.4, 0.5) is 0 Å². The summed E-state index contributed by atoms with van der Waals surface area (Å²) < 4.78 is 0. The zero-order valence-corrected chi connectivity index (χ0v) is 15.6. The lowest BCUT2D eigenvalue weighted by Crippen LogP contribution is -2.46. The van der Waals surface area contributed by atoms with Crippen molar-refractivity contribution < 1.29 is 9.59 Å². The maximum Gasteiger partial charge on any atom is 0.253 e. The molecule has 2 fully saturated rings. The number of nitrogens with one attached hydrogen (secondary N) is 1. The van der Waals surface area contributed by atoms with E-state index in [4.69, 9.17) is 11.6 Å². The Balaban J connectivity index is 1.47. The number of carbonyl (C=O) groups excluding carboxylic acids is 2. The number of nitrogens with zero attached hydrogens (tertiary/aromatic N) is 1. The first-order valence-electron chi connectivity index (χ1n) is 9.38. The van der Waals surface area contributed by atoms with Crippen molar-refractivity contribution in [2.24, 2.45) is 11.8 Å². The third kappa shape index (κ3) is 4.75. The highest BCUT2D eigenvalue weighted by Crippen LogP contribution is 2.25. The SMILES string of the molecule is CC1CCC(NC(=O)C2CCN(C(=O)c3ccc(Cl)cc3)CC2)CC1. The van der Waals surface area contributed by atoms with Crippen molar-refractivity contribution in [2.45, 2.75) is 51.5 Å². The van der Waals surface area contributed by atoms with Crippen LogP contribution in [0.3, 0.4) is 0 Å². The monoisotopic (exact) mass is 362 g/mol. The molecule has 1 saturated heterocycles. The summed E-state index contributed by atoms with van der Waals surface area (Å²) in [6.45, 7) is 3.56. The van der Waals surface area contributed by atoms with Gasteiger partial charge in [0.15, 0.2) is 0 Å². The molecule has 0 spiro atoms. The smallest absolute Gasteiger partial charge is 0.253 e. The number of halogens is 1. The minimum Gasteiger partial charge on any atom is -0.353 e. The number of benzene rings is 1. The lowest BCUT2D eigenvalue weighted by atomic mass is 9.86. The molecule has 5 heteroatoms. The van der Waals surface area contributed by atoms with Crippen LogP contribution in [0.15, 0.2) is 24.3 Å². The third-order valence-corrected chi connectivity index (χ3v) is 5.86. The van der Waals surface area contributed by atoms with Gasteiger partial charge in [-0.1, -0.05) is 18.5 Å². The Morgan fingerprint density at radius 3 is 2.20 bits per heavy atom. The first-order valence-corrected chi connectivity index (χ1v) is 9.76. The molecule has 1 saturated carbocycles. The Bertz CT molecular complexity index is 601. The van der Waals surface area contributed by atoms with E-state index in [1.165, 1.54) is 12.8 Å². The van der Waals surface area contributed by atoms with E-state index in [2.05, 4.69) is 12.2 Å². The maximum absolute atomic E-state index is 12.5. The van der Waals surface area contributed by atoms with Crippen molar-refractivity contribution in [1.29, 1.82) is 0 Å². The van der Waals surface area contributed by atoms with Crippen LogP contribution in [-0.4, -0.2) is 35.8 Å². The molecular formula is C20H27ClN2O2. The number of hydrogen-bond acceptors (Lipinski definition) is 2. The number of carbonyl (C=O) groups is 2. The summed E-state index contributed by atoms with van der Waals surface area (Å²) in [5, 5.41) is 3.86. The van der Waals surface area contributed by atoms with Gasteiger partial charge in [-0.2, -0.15) is 0 Å². The van der Waals surface area contributed by atoms with Crippen LogP contribution in [0, 0.1) is 11.8 Å². The van der Waals surface area contributed by atoms with Crippen LogP contribution in [0.1, 0.15) is 55.8 Å². The van der Waals surface area contributed by atoms with E-state index in [0.29, 0.717) is 29.7 Å². The van der Waals surface area contributed by atoms with E-state index in [-0.39, 0.29) is 17.7 Å². The van der Waals surface area contributed by atoms with Gasteiger partial charge in [0.1, 0.15) is 0 Å². The topological polar surface area (TPSA) is 49.4 Å². The normalized spacial score (nSPS) is 24.8. The van der Waals surface area contributed by atoms with E-state index in [9.17, 15) is 9.59 Å². The van der Waals surface area contributed by atoms with Crippen molar-refractivity contribution in [3.05, 3.63) is 34.9 Å². The van der Waals surface area contributed by atoms with Crippen LogP contribution in [0.2, 0.25) is 5.02 Å². The Morgan fingerprint density at radius 2 is 1.60 bits per heavy atom. The number of piperidine rings is 1. The number of rotatable bonds is 3. The average Bonchev–Trinajstić information content (AvgIpc) is 2.64. The van der Waals surface area contributed by atoms with Crippen molar-refractivity contribution in [1.82, 2.24) is 10.2 Å². The van der Waals surface area contributed by atoms with E-state index in [0.717, 1.165) is 31.6 Å². The Labute approximate surface area is 154 Å². The molecule has 25 heavy (non-hydrogen) atoms. The maximum atomic E-state index is 12.5. The molecule has 136 valence electrons. The highest BCUT2D eigenvalue weighted by atomic mass is 35.5. The van der Waals surface area contributed by atoms with E-state index in [1.54, 1.807) is 24.3 Å². The summed E-state index contributed by atoms with van der Waals surface area (Å²) >= 11 is 5.87. The summed E-state index contributed by atoms with van der Waals surface area (Å²) in [5.74, 6) is 1.03. The van der Waals surface area contributed by atoms with Gasteiger partial charge in [-0.25, -0.2) is 0 Å². The number of hydrogen-bond donors (Lipinski definition) is 1. The molecule has 1 aliphatic heterocycles. The van der Waals surface area contributed by atoms with E-state index >= 15 is 0 Å². The van der Waals surface area contributed by atoms with Crippen molar-refractivity contribution in [3.8, 4) is 0 Å². The predicted molar refractivity (Wildman–Crippen MR) is 99.6 cm³/mol. The fourth-order valence-electron chi connectivity index (χ4n) is 3.84. The molecule has 3 rings (SSSR count). The summed E-state index contributed by atoms with van der Waals surface area (Å²) in [6, 6.07) is 7.33. The van der Waals surface area contributed by atoms with Gasteiger partial charge in [0, 0.05) is 35.6 Å². The van der Waals surface area contributed by atoms with Crippen LogP contribution in [-0.2, 0) is 4.79 Å². The minimum atomic E-state index is 0.0248. The van der Waals surface area contributed by atoms with Gasteiger partial charge in [-0.15, -0.1) is 0 Å². The van der Waals surface area contributed by atoms with Crippen LogP contribution in [0.25, 0.3) is 0 Å². The molecule has 4 nitrogen and oxygen atoms in total. The van der Waals surface area contributed by atoms with E-state index < -0.39 is 0 Å². The fourth-order valence-corrected chi connectivity index (χ4v) is 3.97. The molecule has 0 bridgehead atoms. The Kier molecular flexibility index (Phi) is 6.00. The molecule has 1 heterocycles. The van der Waals surface area contributed by atoms with Gasteiger partial charge < -0.3 is 10.2 Å². The Hall–Kier alpha value is -1.55. The number of amides is 2. The van der Waals surface area contributed by atoms with Gasteiger partial charge in [-0.3, -0.25) is 9.59 Å². The highest BCUT2D eigenvalue weighted by Gasteiger charge is 2.29. The molecule has 0 atom stereocenters. The fraction of sp³-hybridized carbons (Fsp3) is 0.600. The summed E-state index contributed by atoms with van der Waals surface area (Å²) in [6.07, 6.45) is 6.10. The summed E-state index contributed by atoms with van der Waals surface area (Å²) in [5.41, 5.74) is 0.656. The molecule has 1 N–H and O–H groups in total. The van der Waals surface area contributed by atoms with Gasteiger partial charge >= 0.3 is 0 Å². The molecule has 0 radical (unpaired) electrons. The third-order valence-electron chi connectivity index (χ3n) is 5.61. The van der Waals surface area contributed by atoms with Crippen molar-refractivity contribution in [2.75, 3.05) is 13.1 Å². The largest absolute Gasteiger partial charge is 0.353 e. The van der Waals surface area contributed by atoms with Crippen LogP contribution in [0.5, 0.6) is 0 Å². The van der Waals surface area contributed by atoms with Crippen molar-refractivity contribution >= 4 is 23.4 Å². The molecule has 0 aromatic heterocycles. The molecular weight excluding hydrogens is 336 g/mol. The van der Waals surface area contributed by atoms with Gasteiger partial charge in [0.05, 0.1) is 0 Å². The van der Waals surface area contributed by atoms with Crippen molar-refractivity contribution in [3.63, 3.8) is 0 Å². The van der Waals surface area contributed by atoms with Gasteiger partial charge in [-0.05, 0) is 68.7 Å². The highest BCUT2D eigenvalue weighted by molar-refractivity contribution is 6.30. The second kappa shape index (κ2) is 8.22. The molecule has 2 aliphatic rings. The second-order valence-electron chi connectivity index (χ2n) is 7.54. The summed E-state index contributed by atoms with van der Waals surface area (Å²) in [4.78, 5) is 26.9. The predicted octanol–water partition coefficient (Wildman–Crippen LogP) is 3.89. The molecule has 1 aromatic rings. The molecule has 1 aromatic carbocycles. The molecule has 2 amide bonds. The second-order valence-corrected chi connectivity index (χ2v) is 7.98. The van der Waals surface area contributed by atoms with Gasteiger partial charge in [0.25, 0.3) is 5.91 Å². The lowest BCUT2D eigenvalue weighted by Gasteiger charge is -2.33. The number of likely N-dealkylation sites (tertiary alicyclic amines) is 1. The minimum absolute atomic E-state index is 0.0248. The zero-order valence-electron chi connectivity index (χ0n) is 14.8. The first kappa shape index (κ1) is 18.2. The van der Waals surface area contributed by atoms with Gasteiger partial charge in [0.2, 0.25) is 5.91 Å².